The lowest BCUT2D eigenvalue weighted by molar-refractivity contribution is -0.0282. The van der Waals surface area contributed by atoms with Gasteiger partial charge in [0.15, 0.2) is 5.65 Å². The summed E-state index contributed by atoms with van der Waals surface area (Å²) >= 11 is 0. The summed E-state index contributed by atoms with van der Waals surface area (Å²) in [5.41, 5.74) is 2.65. The van der Waals surface area contributed by atoms with Crippen LogP contribution in [0.3, 0.4) is 0 Å². The van der Waals surface area contributed by atoms with Gasteiger partial charge in [0.1, 0.15) is 5.52 Å². The molecule has 8 heteroatoms. The average Bonchev–Trinajstić information content (AvgIpc) is 3.16. The number of fused-ring (bicyclic) bond motifs is 1. The van der Waals surface area contributed by atoms with E-state index in [1.165, 1.54) is 0 Å². The van der Waals surface area contributed by atoms with Crippen molar-refractivity contribution in [3.8, 4) is 0 Å². The topological polar surface area (TPSA) is 93.4 Å². The summed E-state index contributed by atoms with van der Waals surface area (Å²) in [4.78, 5) is 27.6. The molecule has 3 aromatic heterocycles. The molecule has 0 aliphatic carbocycles. The van der Waals surface area contributed by atoms with Crippen molar-refractivity contribution in [1.82, 2.24) is 24.4 Å². The zero-order valence-corrected chi connectivity index (χ0v) is 16.5. The molecule has 4 heterocycles. The van der Waals surface area contributed by atoms with Gasteiger partial charge in [0.2, 0.25) is 0 Å². The van der Waals surface area contributed by atoms with E-state index >= 15 is 0 Å². The van der Waals surface area contributed by atoms with Crippen molar-refractivity contribution >= 4 is 17.1 Å². The minimum Gasteiger partial charge on any atom is -0.396 e. The lowest BCUT2D eigenvalue weighted by Crippen LogP contribution is -2.44. The average molecular weight is 395 g/mol. The fourth-order valence-corrected chi connectivity index (χ4v) is 3.84. The van der Waals surface area contributed by atoms with Crippen molar-refractivity contribution in [2.75, 3.05) is 33.4 Å². The van der Waals surface area contributed by atoms with E-state index in [1.807, 2.05) is 22.9 Å². The first-order valence-corrected chi connectivity index (χ1v) is 9.74. The standard InChI is InChI=1S/C21H25N5O3/c1-25(13-21(14-27)4-7-29-8-5-21)20(28)17-9-18-19(23-11-17)26(15-24-18)12-16-3-2-6-22-10-16/h2-3,6,9-11,15,27H,4-5,7-8,12-14H2,1H3. The van der Waals surface area contributed by atoms with Gasteiger partial charge in [-0.1, -0.05) is 6.07 Å². The molecule has 29 heavy (non-hydrogen) atoms. The van der Waals surface area contributed by atoms with Crippen LogP contribution in [0.1, 0.15) is 28.8 Å². The summed E-state index contributed by atoms with van der Waals surface area (Å²) in [6, 6.07) is 5.67. The third-order valence-electron chi connectivity index (χ3n) is 5.59. The lowest BCUT2D eigenvalue weighted by Gasteiger charge is -2.38. The summed E-state index contributed by atoms with van der Waals surface area (Å²) in [5, 5.41) is 9.88. The molecule has 4 rings (SSSR count). The number of aliphatic hydroxyl groups excluding tert-OH is 1. The van der Waals surface area contributed by atoms with E-state index in [0.29, 0.717) is 37.4 Å². The monoisotopic (exact) mass is 395 g/mol. The number of imidazole rings is 1. The third kappa shape index (κ3) is 4.13. The highest BCUT2D eigenvalue weighted by atomic mass is 16.5. The smallest absolute Gasteiger partial charge is 0.255 e. The highest BCUT2D eigenvalue weighted by Gasteiger charge is 2.34. The molecule has 1 saturated heterocycles. The van der Waals surface area contributed by atoms with Gasteiger partial charge in [-0.15, -0.1) is 0 Å². The number of pyridine rings is 2. The van der Waals surface area contributed by atoms with Gasteiger partial charge >= 0.3 is 0 Å². The molecule has 152 valence electrons. The van der Waals surface area contributed by atoms with Crippen molar-refractivity contribution in [3.05, 3.63) is 54.2 Å². The van der Waals surface area contributed by atoms with Crippen molar-refractivity contribution in [1.29, 1.82) is 0 Å². The zero-order valence-electron chi connectivity index (χ0n) is 16.5. The molecule has 8 nitrogen and oxygen atoms in total. The zero-order chi connectivity index (χ0) is 20.3. The van der Waals surface area contributed by atoms with Gasteiger partial charge in [-0.05, 0) is 30.5 Å². The first-order valence-electron chi connectivity index (χ1n) is 9.74. The molecule has 0 spiro atoms. The van der Waals surface area contributed by atoms with Crippen molar-refractivity contribution in [3.63, 3.8) is 0 Å². The number of nitrogens with zero attached hydrogens (tertiary/aromatic N) is 5. The minimum absolute atomic E-state index is 0.0456. The second-order valence-electron chi connectivity index (χ2n) is 7.73. The van der Waals surface area contributed by atoms with Gasteiger partial charge in [-0.3, -0.25) is 9.78 Å². The van der Waals surface area contributed by atoms with Gasteiger partial charge in [0, 0.05) is 50.8 Å². The van der Waals surface area contributed by atoms with Crippen LogP contribution in [0.5, 0.6) is 0 Å². The fourth-order valence-electron chi connectivity index (χ4n) is 3.84. The van der Waals surface area contributed by atoms with E-state index in [1.54, 1.807) is 36.7 Å². The molecule has 1 fully saturated rings. The summed E-state index contributed by atoms with van der Waals surface area (Å²) in [5.74, 6) is -0.125. The van der Waals surface area contributed by atoms with Crippen LogP contribution < -0.4 is 0 Å². The molecule has 0 bridgehead atoms. The number of carbonyl (C=O) groups excluding carboxylic acids is 1. The predicted octanol–water partition coefficient (Wildman–Crippen LogP) is 1.74. The molecule has 0 atom stereocenters. The molecule has 0 aromatic carbocycles. The van der Waals surface area contributed by atoms with Gasteiger partial charge in [-0.25, -0.2) is 9.97 Å². The number of amides is 1. The van der Waals surface area contributed by atoms with Crippen LogP contribution in [0.2, 0.25) is 0 Å². The summed E-state index contributed by atoms with van der Waals surface area (Å²) in [6.45, 7) is 2.38. The van der Waals surface area contributed by atoms with Crippen LogP contribution in [-0.4, -0.2) is 68.8 Å². The van der Waals surface area contributed by atoms with E-state index < -0.39 is 0 Å². The molecule has 0 saturated carbocycles. The maximum absolute atomic E-state index is 12.9. The Morgan fingerprint density at radius 1 is 1.31 bits per heavy atom. The first-order chi connectivity index (χ1) is 14.1. The molecule has 0 unspecified atom stereocenters. The summed E-state index contributed by atoms with van der Waals surface area (Å²) in [6.07, 6.45) is 8.37. The number of ether oxygens (including phenoxy) is 1. The van der Waals surface area contributed by atoms with Crippen molar-refractivity contribution in [2.45, 2.75) is 19.4 Å². The van der Waals surface area contributed by atoms with E-state index in [9.17, 15) is 9.90 Å². The first kappa shape index (κ1) is 19.5. The normalized spacial score (nSPS) is 16.1. The maximum Gasteiger partial charge on any atom is 0.255 e. The Morgan fingerprint density at radius 2 is 2.14 bits per heavy atom. The highest BCUT2D eigenvalue weighted by Crippen LogP contribution is 2.31. The van der Waals surface area contributed by atoms with E-state index in [4.69, 9.17) is 4.74 Å². The Balaban J connectivity index is 1.51. The van der Waals surface area contributed by atoms with E-state index in [0.717, 1.165) is 24.1 Å². The van der Waals surface area contributed by atoms with Crippen LogP contribution in [0, 0.1) is 5.41 Å². The van der Waals surface area contributed by atoms with Crippen LogP contribution in [0.25, 0.3) is 11.2 Å². The number of aromatic nitrogens is 4. The second kappa shape index (κ2) is 8.26. The predicted molar refractivity (Wildman–Crippen MR) is 107 cm³/mol. The largest absolute Gasteiger partial charge is 0.396 e. The van der Waals surface area contributed by atoms with Gasteiger partial charge in [-0.2, -0.15) is 0 Å². The molecule has 3 aromatic rings. The fraction of sp³-hybridized carbons (Fsp3) is 0.429. The Bertz CT molecular complexity index is 982. The third-order valence-corrected chi connectivity index (χ3v) is 5.59. The van der Waals surface area contributed by atoms with E-state index in [-0.39, 0.29) is 17.9 Å². The summed E-state index contributed by atoms with van der Waals surface area (Å²) in [7, 11) is 1.76. The van der Waals surface area contributed by atoms with Crippen LogP contribution >= 0.6 is 0 Å². The molecular formula is C21H25N5O3. The maximum atomic E-state index is 12.9. The Kier molecular flexibility index (Phi) is 5.55. The quantitative estimate of drug-likeness (QED) is 0.683. The lowest BCUT2D eigenvalue weighted by atomic mass is 9.80. The van der Waals surface area contributed by atoms with Crippen molar-refractivity contribution in [2.24, 2.45) is 5.41 Å². The van der Waals surface area contributed by atoms with Crippen LogP contribution in [0.4, 0.5) is 0 Å². The number of hydrogen-bond acceptors (Lipinski definition) is 6. The van der Waals surface area contributed by atoms with Gasteiger partial charge in [0.25, 0.3) is 5.91 Å². The molecule has 0 radical (unpaired) electrons. The van der Waals surface area contributed by atoms with Crippen LogP contribution in [0.15, 0.2) is 43.1 Å². The number of carbonyl (C=O) groups is 1. The van der Waals surface area contributed by atoms with Crippen molar-refractivity contribution < 1.29 is 14.6 Å². The second-order valence-corrected chi connectivity index (χ2v) is 7.73. The molecule has 1 amide bonds. The van der Waals surface area contributed by atoms with E-state index in [2.05, 4.69) is 15.0 Å². The number of aliphatic hydroxyl groups is 1. The Morgan fingerprint density at radius 3 is 2.86 bits per heavy atom. The molecule has 1 aliphatic heterocycles. The molecule has 1 N–H and O–H groups in total. The Hall–Kier alpha value is -2.84. The molecular weight excluding hydrogens is 370 g/mol. The van der Waals surface area contributed by atoms with Gasteiger partial charge in [0.05, 0.1) is 25.0 Å². The molecule has 1 aliphatic rings. The number of hydrogen-bond donors (Lipinski definition) is 1. The summed E-state index contributed by atoms with van der Waals surface area (Å²) < 4.78 is 7.34. The Labute approximate surface area is 169 Å². The number of rotatable bonds is 6. The van der Waals surface area contributed by atoms with Crippen LogP contribution in [-0.2, 0) is 11.3 Å². The highest BCUT2D eigenvalue weighted by molar-refractivity contribution is 5.96. The van der Waals surface area contributed by atoms with Gasteiger partial charge < -0.3 is 19.3 Å². The SMILES string of the molecule is CN(CC1(CO)CCOCC1)C(=O)c1cnc2c(c1)ncn2Cc1cccnc1. The minimum atomic E-state index is -0.300.